The Morgan fingerprint density at radius 3 is 2.85 bits per heavy atom. The summed E-state index contributed by atoms with van der Waals surface area (Å²) >= 11 is 0. The zero-order valence-electron chi connectivity index (χ0n) is 8.71. The van der Waals surface area contributed by atoms with E-state index >= 15 is 0 Å². The third-order valence-corrected chi connectivity index (χ3v) is 2.35. The van der Waals surface area contributed by atoms with Crippen molar-refractivity contribution in [2.24, 2.45) is 0 Å². The maximum atomic E-state index is 11.8. The van der Waals surface area contributed by atoms with Crippen LogP contribution in [0, 0.1) is 0 Å². The number of amides is 1. The van der Waals surface area contributed by atoms with Gasteiger partial charge in [0.1, 0.15) is 0 Å². The van der Waals surface area contributed by atoms with Gasteiger partial charge in [0.05, 0.1) is 6.04 Å². The van der Waals surface area contributed by atoms with Crippen LogP contribution in [-0.4, -0.2) is 49.2 Å². The average Bonchev–Trinajstić information content (AvgIpc) is 2.08. The highest BCUT2D eigenvalue weighted by Gasteiger charge is 2.28. The van der Waals surface area contributed by atoms with Gasteiger partial charge in [0.2, 0.25) is 0 Å². The number of rotatable bonds is 3. The van der Waals surface area contributed by atoms with Gasteiger partial charge in [0.15, 0.2) is 0 Å². The van der Waals surface area contributed by atoms with E-state index in [1.807, 2.05) is 26.0 Å². The lowest BCUT2D eigenvalue weighted by Gasteiger charge is -2.36. The largest absolute Gasteiger partial charge is 0.306 e. The van der Waals surface area contributed by atoms with E-state index in [1.54, 1.807) is 5.01 Å². The molecular formula is C9H19N3O. The van der Waals surface area contributed by atoms with Crippen LogP contribution in [-0.2, 0) is 4.79 Å². The number of likely N-dealkylation sites (N-methyl/N-ethyl adjacent to an activating group) is 1. The van der Waals surface area contributed by atoms with Crippen molar-refractivity contribution in [3.63, 3.8) is 0 Å². The molecule has 4 nitrogen and oxygen atoms in total. The molecule has 0 aromatic rings. The topological polar surface area (TPSA) is 35.6 Å². The van der Waals surface area contributed by atoms with Gasteiger partial charge in [-0.2, -0.15) is 0 Å². The first kappa shape index (κ1) is 10.5. The molecule has 0 saturated carbocycles. The highest BCUT2D eigenvalue weighted by molar-refractivity contribution is 5.82. The molecule has 1 unspecified atom stereocenters. The molecular weight excluding hydrogens is 166 g/mol. The van der Waals surface area contributed by atoms with Gasteiger partial charge in [-0.05, 0) is 19.4 Å². The molecule has 1 atom stereocenters. The van der Waals surface area contributed by atoms with Crippen LogP contribution in [0.25, 0.3) is 0 Å². The fraction of sp³-hybridized carbons (Fsp3) is 0.889. The second kappa shape index (κ2) is 4.58. The van der Waals surface area contributed by atoms with Crippen LogP contribution in [0.3, 0.4) is 0 Å². The minimum Gasteiger partial charge on any atom is -0.306 e. The van der Waals surface area contributed by atoms with E-state index < -0.39 is 0 Å². The van der Waals surface area contributed by atoms with Crippen molar-refractivity contribution in [3.8, 4) is 0 Å². The Morgan fingerprint density at radius 2 is 2.31 bits per heavy atom. The van der Waals surface area contributed by atoms with Gasteiger partial charge in [-0.25, -0.2) is 5.01 Å². The third kappa shape index (κ3) is 2.42. The van der Waals surface area contributed by atoms with Crippen molar-refractivity contribution in [2.75, 3.05) is 27.2 Å². The molecule has 1 rings (SSSR count). The van der Waals surface area contributed by atoms with Crippen molar-refractivity contribution in [1.82, 2.24) is 15.3 Å². The van der Waals surface area contributed by atoms with E-state index in [2.05, 4.69) is 5.32 Å². The van der Waals surface area contributed by atoms with Crippen molar-refractivity contribution in [2.45, 2.75) is 25.8 Å². The molecule has 0 aromatic carbocycles. The first-order valence-electron chi connectivity index (χ1n) is 4.88. The van der Waals surface area contributed by atoms with Crippen LogP contribution < -0.4 is 5.32 Å². The summed E-state index contributed by atoms with van der Waals surface area (Å²) in [6.45, 7) is 3.74. The molecule has 1 amide bonds. The predicted octanol–water partition coefficient (Wildman–Crippen LogP) is 0.0635. The first-order chi connectivity index (χ1) is 6.16. The van der Waals surface area contributed by atoms with Gasteiger partial charge in [-0.15, -0.1) is 0 Å². The van der Waals surface area contributed by atoms with Crippen molar-refractivity contribution < 1.29 is 4.79 Å². The Kier molecular flexibility index (Phi) is 3.69. The second-order valence-corrected chi connectivity index (χ2v) is 3.56. The average molecular weight is 185 g/mol. The molecule has 13 heavy (non-hydrogen) atoms. The molecule has 1 heterocycles. The van der Waals surface area contributed by atoms with E-state index in [4.69, 9.17) is 0 Å². The molecule has 0 spiro atoms. The lowest BCUT2D eigenvalue weighted by molar-refractivity contribution is -0.150. The first-order valence-corrected chi connectivity index (χ1v) is 4.88. The molecule has 0 radical (unpaired) electrons. The fourth-order valence-corrected chi connectivity index (χ4v) is 1.69. The van der Waals surface area contributed by atoms with Crippen molar-refractivity contribution >= 4 is 5.91 Å². The summed E-state index contributed by atoms with van der Waals surface area (Å²) < 4.78 is 0. The summed E-state index contributed by atoms with van der Waals surface area (Å²) in [7, 11) is 3.82. The molecule has 0 aromatic heterocycles. The number of carbonyl (C=O) groups excluding carboxylic acids is 1. The SMILES string of the molecule is CCNC1CCCN(N(C)C)C1=O. The normalized spacial score (nSPS) is 24.2. The maximum Gasteiger partial charge on any atom is 0.253 e. The van der Waals surface area contributed by atoms with Gasteiger partial charge >= 0.3 is 0 Å². The Labute approximate surface area is 79.9 Å². The summed E-state index contributed by atoms with van der Waals surface area (Å²) in [5.41, 5.74) is 0. The number of carbonyl (C=O) groups is 1. The van der Waals surface area contributed by atoms with E-state index in [1.165, 1.54) is 0 Å². The number of nitrogens with one attached hydrogen (secondary N) is 1. The quantitative estimate of drug-likeness (QED) is 0.675. The van der Waals surface area contributed by atoms with E-state index in [-0.39, 0.29) is 11.9 Å². The molecule has 1 aliphatic heterocycles. The van der Waals surface area contributed by atoms with E-state index in [9.17, 15) is 4.79 Å². The third-order valence-electron chi connectivity index (χ3n) is 2.35. The Bertz CT molecular complexity index is 180. The summed E-state index contributed by atoms with van der Waals surface area (Å²) in [5.74, 6) is 0.207. The summed E-state index contributed by atoms with van der Waals surface area (Å²) in [4.78, 5) is 11.8. The monoisotopic (exact) mass is 185 g/mol. The van der Waals surface area contributed by atoms with Crippen LogP contribution >= 0.6 is 0 Å². The Morgan fingerprint density at radius 1 is 1.62 bits per heavy atom. The summed E-state index contributed by atoms with van der Waals surface area (Å²) in [6, 6.07) is 0.0288. The van der Waals surface area contributed by atoms with Crippen molar-refractivity contribution in [1.29, 1.82) is 0 Å². The molecule has 0 bridgehead atoms. The van der Waals surface area contributed by atoms with E-state index in [0.29, 0.717) is 0 Å². The number of hydrogen-bond donors (Lipinski definition) is 1. The van der Waals surface area contributed by atoms with Crippen LogP contribution in [0.1, 0.15) is 19.8 Å². The standard InChI is InChI=1S/C9H19N3O/c1-4-10-8-6-5-7-12(9(8)13)11(2)3/h8,10H,4-7H2,1-3H3. The fourth-order valence-electron chi connectivity index (χ4n) is 1.69. The lowest BCUT2D eigenvalue weighted by atomic mass is 10.1. The summed E-state index contributed by atoms with van der Waals surface area (Å²) in [6.07, 6.45) is 2.05. The van der Waals surface area contributed by atoms with E-state index in [0.717, 1.165) is 25.9 Å². The lowest BCUT2D eigenvalue weighted by Crippen LogP contribution is -2.55. The molecule has 1 fully saturated rings. The minimum absolute atomic E-state index is 0.0288. The zero-order chi connectivity index (χ0) is 9.84. The van der Waals surface area contributed by atoms with Crippen LogP contribution in [0.4, 0.5) is 0 Å². The highest BCUT2D eigenvalue weighted by atomic mass is 16.2. The number of piperidine rings is 1. The molecule has 1 saturated heterocycles. The van der Waals surface area contributed by atoms with Gasteiger partial charge in [-0.3, -0.25) is 9.80 Å². The van der Waals surface area contributed by atoms with Gasteiger partial charge < -0.3 is 5.32 Å². The van der Waals surface area contributed by atoms with Crippen LogP contribution in [0.2, 0.25) is 0 Å². The molecule has 0 aliphatic carbocycles. The molecule has 1 N–H and O–H groups in total. The number of nitrogens with zero attached hydrogens (tertiary/aromatic N) is 2. The van der Waals surface area contributed by atoms with Crippen molar-refractivity contribution in [3.05, 3.63) is 0 Å². The van der Waals surface area contributed by atoms with Gasteiger partial charge in [0.25, 0.3) is 5.91 Å². The Hall–Kier alpha value is -0.610. The second-order valence-electron chi connectivity index (χ2n) is 3.56. The van der Waals surface area contributed by atoms with Crippen LogP contribution in [0.5, 0.6) is 0 Å². The van der Waals surface area contributed by atoms with Crippen LogP contribution in [0.15, 0.2) is 0 Å². The van der Waals surface area contributed by atoms with Gasteiger partial charge in [-0.1, -0.05) is 6.92 Å². The summed E-state index contributed by atoms with van der Waals surface area (Å²) in [5, 5.41) is 6.87. The smallest absolute Gasteiger partial charge is 0.253 e. The number of hydrazine groups is 1. The van der Waals surface area contributed by atoms with Gasteiger partial charge in [0, 0.05) is 20.6 Å². The number of hydrogen-bond acceptors (Lipinski definition) is 3. The Balaban J connectivity index is 2.55. The predicted molar refractivity (Wildman–Crippen MR) is 52.1 cm³/mol. The molecule has 76 valence electrons. The maximum absolute atomic E-state index is 11.8. The minimum atomic E-state index is 0.0288. The molecule has 1 aliphatic rings. The highest BCUT2D eigenvalue weighted by Crippen LogP contribution is 2.11. The zero-order valence-corrected chi connectivity index (χ0v) is 8.71. The molecule has 4 heteroatoms.